The maximum Gasteiger partial charge on any atom is 0.326 e. The zero-order valence-corrected chi connectivity index (χ0v) is 12.1. The number of carbonyl (C=O) groups excluding carboxylic acids is 1. The molecule has 1 aliphatic rings. The van der Waals surface area contributed by atoms with Crippen molar-refractivity contribution >= 4 is 5.97 Å². The Labute approximate surface area is 119 Å². The van der Waals surface area contributed by atoms with Crippen molar-refractivity contribution in [1.29, 1.82) is 5.26 Å². The Kier molecular flexibility index (Phi) is 4.10. The molecule has 1 saturated heterocycles. The van der Waals surface area contributed by atoms with E-state index in [4.69, 9.17) is 4.74 Å². The third-order valence-electron chi connectivity index (χ3n) is 3.62. The highest BCUT2D eigenvalue weighted by molar-refractivity contribution is 5.81. The molecule has 2 rings (SSSR count). The number of hydrogen-bond acceptors (Lipinski definition) is 4. The third-order valence-corrected chi connectivity index (χ3v) is 3.62. The van der Waals surface area contributed by atoms with Gasteiger partial charge in [0.2, 0.25) is 0 Å². The highest BCUT2D eigenvalue weighted by Gasteiger charge is 2.48. The van der Waals surface area contributed by atoms with E-state index >= 15 is 0 Å². The standard InChI is InChI=1S/C16H20N2O2/c1-11(2)20-15(19)16(3)9-13(10-17)14(18-16)12-7-5-4-6-8-12/h4-8,11,13-14,18H,9H2,1-3H3/t13-,14+,16?/m0/s1. The second kappa shape index (κ2) is 5.64. The Hall–Kier alpha value is -1.86. The van der Waals surface area contributed by atoms with Gasteiger partial charge < -0.3 is 4.74 Å². The summed E-state index contributed by atoms with van der Waals surface area (Å²) in [7, 11) is 0. The van der Waals surface area contributed by atoms with E-state index in [1.807, 2.05) is 51.1 Å². The van der Waals surface area contributed by atoms with Crippen molar-refractivity contribution < 1.29 is 9.53 Å². The van der Waals surface area contributed by atoms with Gasteiger partial charge in [0, 0.05) is 6.04 Å². The highest BCUT2D eigenvalue weighted by atomic mass is 16.5. The summed E-state index contributed by atoms with van der Waals surface area (Å²) >= 11 is 0. The smallest absolute Gasteiger partial charge is 0.326 e. The first-order valence-electron chi connectivity index (χ1n) is 6.89. The van der Waals surface area contributed by atoms with E-state index < -0.39 is 5.54 Å². The van der Waals surface area contributed by atoms with Gasteiger partial charge in [0.25, 0.3) is 0 Å². The number of rotatable bonds is 3. The molecule has 1 aromatic rings. The SMILES string of the molecule is CC(C)OC(=O)C1(C)C[C@@H](C#N)[C@@H](c2ccccc2)N1. The molecule has 1 aromatic carbocycles. The molecule has 1 N–H and O–H groups in total. The van der Waals surface area contributed by atoms with Crippen LogP contribution in [-0.4, -0.2) is 17.6 Å². The zero-order chi connectivity index (χ0) is 14.8. The Morgan fingerprint density at radius 2 is 2.10 bits per heavy atom. The lowest BCUT2D eigenvalue weighted by atomic mass is 9.91. The van der Waals surface area contributed by atoms with Gasteiger partial charge in [-0.1, -0.05) is 30.3 Å². The fourth-order valence-corrected chi connectivity index (χ4v) is 2.64. The lowest BCUT2D eigenvalue weighted by molar-refractivity contribution is -0.154. The molecule has 0 bridgehead atoms. The van der Waals surface area contributed by atoms with Crippen molar-refractivity contribution in [3.05, 3.63) is 35.9 Å². The number of benzene rings is 1. The Morgan fingerprint density at radius 1 is 1.45 bits per heavy atom. The first-order valence-corrected chi connectivity index (χ1v) is 6.89. The maximum absolute atomic E-state index is 12.2. The van der Waals surface area contributed by atoms with Gasteiger partial charge in [-0.3, -0.25) is 10.1 Å². The van der Waals surface area contributed by atoms with Gasteiger partial charge in [-0.15, -0.1) is 0 Å². The number of nitrogens with one attached hydrogen (secondary N) is 1. The van der Waals surface area contributed by atoms with Gasteiger partial charge >= 0.3 is 5.97 Å². The minimum atomic E-state index is -0.800. The molecule has 4 heteroatoms. The molecule has 0 aromatic heterocycles. The highest BCUT2D eigenvalue weighted by Crippen LogP contribution is 2.38. The van der Waals surface area contributed by atoms with Crippen LogP contribution in [0.15, 0.2) is 30.3 Å². The number of nitrogens with zero attached hydrogens (tertiary/aromatic N) is 1. The molecule has 1 fully saturated rings. The lowest BCUT2D eigenvalue weighted by Crippen LogP contribution is -2.47. The van der Waals surface area contributed by atoms with Gasteiger partial charge in [0.1, 0.15) is 5.54 Å². The van der Waals surface area contributed by atoms with E-state index in [0.717, 1.165) is 5.56 Å². The van der Waals surface area contributed by atoms with E-state index in [-0.39, 0.29) is 24.0 Å². The molecule has 0 aliphatic carbocycles. The molecule has 1 aliphatic heterocycles. The Bertz CT molecular complexity index is 521. The van der Waals surface area contributed by atoms with Crippen LogP contribution in [0.2, 0.25) is 0 Å². The molecule has 106 valence electrons. The fraction of sp³-hybridized carbons (Fsp3) is 0.500. The topological polar surface area (TPSA) is 62.1 Å². The number of hydrogen-bond donors (Lipinski definition) is 1. The molecule has 20 heavy (non-hydrogen) atoms. The van der Waals surface area contributed by atoms with Gasteiger partial charge in [0.05, 0.1) is 18.1 Å². The monoisotopic (exact) mass is 272 g/mol. The molecule has 3 atom stereocenters. The first-order chi connectivity index (χ1) is 9.46. The second-order valence-electron chi connectivity index (χ2n) is 5.76. The summed E-state index contributed by atoms with van der Waals surface area (Å²) in [6.45, 7) is 5.46. The molecule has 0 spiro atoms. The van der Waals surface area contributed by atoms with E-state index in [2.05, 4.69) is 11.4 Å². The molecule has 0 amide bonds. The van der Waals surface area contributed by atoms with Gasteiger partial charge in [-0.25, -0.2) is 0 Å². The predicted molar refractivity (Wildman–Crippen MR) is 75.7 cm³/mol. The van der Waals surface area contributed by atoms with Crippen LogP contribution in [0.4, 0.5) is 0 Å². The average Bonchev–Trinajstić information content (AvgIpc) is 2.78. The summed E-state index contributed by atoms with van der Waals surface area (Å²) < 4.78 is 5.30. The van der Waals surface area contributed by atoms with Crippen LogP contribution >= 0.6 is 0 Å². The summed E-state index contributed by atoms with van der Waals surface area (Å²) in [6.07, 6.45) is 0.312. The summed E-state index contributed by atoms with van der Waals surface area (Å²) in [5.41, 5.74) is 0.227. The molecule has 1 unspecified atom stereocenters. The first kappa shape index (κ1) is 14.5. The zero-order valence-electron chi connectivity index (χ0n) is 12.1. The van der Waals surface area contributed by atoms with Crippen molar-refractivity contribution in [3.63, 3.8) is 0 Å². The van der Waals surface area contributed by atoms with Crippen LogP contribution in [0.25, 0.3) is 0 Å². The van der Waals surface area contributed by atoms with Crippen LogP contribution in [-0.2, 0) is 9.53 Å². The van der Waals surface area contributed by atoms with Crippen LogP contribution in [0, 0.1) is 17.2 Å². The molecule has 0 saturated carbocycles. The van der Waals surface area contributed by atoms with Crippen LogP contribution in [0.5, 0.6) is 0 Å². The normalized spacial score (nSPS) is 29.1. The molecule has 4 nitrogen and oxygen atoms in total. The van der Waals surface area contributed by atoms with E-state index in [1.54, 1.807) is 0 Å². The van der Waals surface area contributed by atoms with Gasteiger partial charge in [0.15, 0.2) is 0 Å². The minimum Gasteiger partial charge on any atom is -0.462 e. The van der Waals surface area contributed by atoms with Crippen molar-refractivity contribution in [2.75, 3.05) is 0 Å². The minimum absolute atomic E-state index is 0.133. The quantitative estimate of drug-likeness (QED) is 0.859. The molecular formula is C16H20N2O2. The van der Waals surface area contributed by atoms with Crippen molar-refractivity contribution in [3.8, 4) is 6.07 Å². The van der Waals surface area contributed by atoms with Crippen molar-refractivity contribution in [1.82, 2.24) is 5.32 Å². The molecular weight excluding hydrogens is 252 g/mol. The Balaban J connectivity index is 2.22. The maximum atomic E-state index is 12.2. The summed E-state index contributed by atoms with van der Waals surface area (Å²) in [5, 5.41) is 12.6. The number of carbonyl (C=O) groups is 1. The molecule has 0 radical (unpaired) electrons. The van der Waals surface area contributed by atoms with E-state index in [1.165, 1.54) is 0 Å². The average molecular weight is 272 g/mol. The van der Waals surface area contributed by atoms with Gasteiger partial charge in [-0.05, 0) is 32.8 Å². The van der Waals surface area contributed by atoms with Crippen molar-refractivity contribution in [2.24, 2.45) is 5.92 Å². The number of ether oxygens (including phenoxy) is 1. The third kappa shape index (κ3) is 2.83. The largest absolute Gasteiger partial charge is 0.462 e. The Morgan fingerprint density at radius 3 is 2.65 bits per heavy atom. The summed E-state index contributed by atoms with van der Waals surface area (Å²) in [4.78, 5) is 12.2. The fourth-order valence-electron chi connectivity index (χ4n) is 2.64. The van der Waals surface area contributed by atoms with Crippen LogP contribution in [0.3, 0.4) is 0 Å². The van der Waals surface area contributed by atoms with Crippen LogP contribution in [0.1, 0.15) is 38.8 Å². The molecule has 1 heterocycles. The van der Waals surface area contributed by atoms with E-state index in [9.17, 15) is 10.1 Å². The summed E-state index contributed by atoms with van der Waals surface area (Å²) in [5.74, 6) is -0.520. The number of esters is 1. The lowest BCUT2D eigenvalue weighted by Gasteiger charge is -2.25. The van der Waals surface area contributed by atoms with Crippen LogP contribution < -0.4 is 5.32 Å². The number of nitriles is 1. The second-order valence-corrected chi connectivity index (χ2v) is 5.76. The van der Waals surface area contributed by atoms with Crippen molar-refractivity contribution in [2.45, 2.75) is 44.9 Å². The van der Waals surface area contributed by atoms with E-state index in [0.29, 0.717) is 6.42 Å². The van der Waals surface area contributed by atoms with Gasteiger partial charge in [-0.2, -0.15) is 5.26 Å². The predicted octanol–water partition coefficient (Wildman–Crippen LogP) is 2.57. The summed E-state index contributed by atoms with van der Waals surface area (Å²) in [6, 6.07) is 11.9.